The van der Waals surface area contributed by atoms with Crippen molar-refractivity contribution in [3.63, 3.8) is 0 Å². The van der Waals surface area contributed by atoms with E-state index in [1.54, 1.807) is 0 Å². The van der Waals surface area contributed by atoms with Crippen LogP contribution >= 0.6 is 0 Å². The number of carbonyl (C=O) groups excluding carboxylic acids is 1. The molecular weight excluding hydrogens is 289 g/mol. The molecule has 0 spiro atoms. The van der Waals surface area contributed by atoms with E-state index in [4.69, 9.17) is 23.3 Å². The Morgan fingerprint density at radius 2 is 1.63 bits per heavy atom. The molecule has 0 aromatic heterocycles. The second-order valence-corrected chi connectivity index (χ2v) is 8.30. The van der Waals surface area contributed by atoms with Gasteiger partial charge in [-0.05, 0) is 0 Å². The molecule has 0 saturated carbocycles. The van der Waals surface area contributed by atoms with Gasteiger partial charge in [-0.3, -0.25) is 9.11 Å². The summed E-state index contributed by atoms with van der Waals surface area (Å²) in [5.41, 5.74) is 5.20. The van der Waals surface area contributed by atoms with Crippen LogP contribution in [0.2, 0.25) is 2.66 Å². The number of hydrogen-bond donors (Lipinski definition) is 5. The number of aliphatic hydroxyl groups is 2. The molecule has 0 aromatic carbocycles. The predicted molar refractivity (Wildman–Crippen MR) is 68.7 cm³/mol. The maximum Gasteiger partial charge on any atom is 0.394 e. The summed E-state index contributed by atoms with van der Waals surface area (Å²) in [7, 11) is -4.67. The fraction of sp³-hybridized carbons (Fsp3) is 0.889. The maximum absolute atomic E-state index is 11.2. The van der Waals surface area contributed by atoms with E-state index in [0.717, 1.165) is 12.8 Å². The van der Waals surface area contributed by atoms with Crippen molar-refractivity contribution < 1.29 is 32.5 Å². The van der Waals surface area contributed by atoms with Crippen molar-refractivity contribution in [3.05, 3.63) is 0 Å². The van der Waals surface area contributed by atoms with Crippen molar-refractivity contribution in [1.82, 2.24) is 0 Å². The standard InChI is InChI=1S/C9H18NO3.Na.H2O4S/c1-4-5-6(2)7(8(10)11)9(3,12)13;;1-5(2,3)4/h7,12-13H,4-5H2,1-3H3,(H2,10,11);;(H2,1,2,3,4). The Balaban J connectivity index is 0. The van der Waals surface area contributed by atoms with Gasteiger partial charge in [0.15, 0.2) is 0 Å². The molecule has 0 heterocycles. The van der Waals surface area contributed by atoms with E-state index >= 15 is 0 Å². The smallest absolute Gasteiger partial charge is 0.264 e. The monoisotopic (exact) mass is 309 g/mol. The fourth-order valence-corrected chi connectivity index (χ4v) is 3.51. The second-order valence-electron chi connectivity index (χ2n) is 5.12. The van der Waals surface area contributed by atoms with Crippen LogP contribution in [0.3, 0.4) is 0 Å². The average Bonchev–Trinajstić information content (AvgIpc) is 1.93. The second kappa shape index (κ2) is 7.89. The van der Waals surface area contributed by atoms with Gasteiger partial charge in [0, 0.05) is 0 Å². The summed E-state index contributed by atoms with van der Waals surface area (Å²) in [5.74, 6) is -3.54. The van der Waals surface area contributed by atoms with Gasteiger partial charge in [-0.2, -0.15) is 8.42 Å². The third-order valence-corrected chi connectivity index (χ3v) is 3.58. The first-order valence-electron chi connectivity index (χ1n) is 5.57. The van der Waals surface area contributed by atoms with Crippen LogP contribution in [0.15, 0.2) is 0 Å². The third kappa shape index (κ3) is 11.8. The van der Waals surface area contributed by atoms with Crippen molar-refractivity contribution in [2.45, 2.75) is 42.1 Å². The van der Waals surface area contributed by atoms with Crippen molar-refractivity contribution in [2.75, 3.05) is 0 Å². The van der Waals surface area contributed by atoms with Gasteiger partial charge in [-0.1, -0.05) is 0 Å². The van der Waals surface area contributed by atoms with E-state index in [1.807, 2.05) is 13.8 Å². The molecule has 0 aromatic rings. The molecule has 0 aliphatic rings. The van der Waals surface area contributed by atoms with E-state index < -0.39 is 28.0 Å². The van der Waals surface area contributed by atoms with Crippen LogP contribution < -0.4 is 5.73 Å². The van der Waals surface area contributed by atoms with Gasteiger partial charge >= 0.3 is 113 Å². The molecule has 0 aliphatic carbocycles. The molecule has 0 bridgehead atoms. The number of primary amides is 1. The molecule has 2 unspecified atom stereocenters. The van der Waals surface area contributed by atoms with E-state index in [9.17, 15) is 15.0 Å². The van der Waals surface area contributed by atoms with Crippen LogP contribution in [0.4, 0.5) is 0 Å². The molecule has 10 heteroatoms. The number of hydrogen-bond acceptors (Lipinski definition) is 5. The van der Waals surface area contributed by atoms with Crippen LogP contribution in [0.1, 0.15) is 33.6 Å². The summed E-state index contributed by atoms with van der Waals surface area (Å²) in [5, 5.41) is 19.0. The van der Waals surface area contributed by atoms with Crippen LogP contribution in [-0.4, -0.2) is 67.4 Å². The topological polar surface area (TPSA) is 158 Å². The van der Waals surface area contributed by atoms with Crippen molar-refractivity contribution in [2.24, 2.45) is 11.7 Å². The number of nitrogens with two attached hydrogens (primary N) is 1. The van der Waals surface area contributed by atoms with Gasteiger partial charge in [0.25, 0.3) is 0 Å². The molecule has 6 N–H and O–H groups in total. The molecule has 19 heavy (non-hydrogen) atoms. The first kappa shape index (κ1) is 21.6. The Hall–Kier alpha value is 0.260. The number of rotatable bonds is 5. The molecule has 0 fully saturated rings. The average molecular weight is 309 g/mol. The first-order chi connectivity index (χ1) is 8.13. The van der Waals surface area contributed by atoms with E-state index in [0.29, 0.717) is 27.9 Å². The Morgan fingerprint density at radius 1 is 1.32 bits per heavy atom. The van der Waals surface area contributed by atoms with E-state index in [2.05, 4.69) is 0 Å². The number of amides is 1. The van der Waals surface area contributed by atoms with Gasteiger partial charge in [-0.25, -0.2) is 0 Å². The molecule has 0 rings (SSSR count). The number of carbonyl (C=O) groups is 1. The molecule has 110 valence electrons. The Kier molecular flexibility index (Phi) is 8.95. The Bertz CT molecular complexity index is 380. The molecule has 8 nitrogen and oxygen atoms in total. The van der Waals surface area contributed by atoms with Gasteiger partial charge in [0.2, 0.25) is 0 Å². The van der Waals surface area contributed by atoms with E-state index in [1.165, 1.54) is 6.92 Å². The van der Waals surface area contributed by atoms with Crippen molar-refractivity contribution in [1.29, 1.82) is 0 Å². The molecule has 0 aliphatic heterocycles. The minimum Gasteiger partial charge on any atom is -0.264 e. The van der Waals surface area contributed by atoms with Crippen LogP contribution in [-0.2, 0) is 15.2 Å². The van der Waals surface area contributed by atoms with Crippen molar-refractivity contribution >= 4 is 44.2 Å². The summed E-state index contributed by atoms with van der Waals surface area (Å²) < 4.78 is 31.2. The Morgan fingerprint density at radius 3 is 1.79 bits per heavy atom. The summed E-state index contributed by atoms with van der Waals surface area (Å²) in [4.78, 5) is 11.2. The molecule has 1 amide bonds. The van der Waals surface area contributed by atoms with Crippen molar-refractivity contribution in [3.8, 4) is 0 Å². The summed E-state index contributed by atoms with van der Waals surface area (Å²) in [6.07, 6.45) is 1.68. The quantitative estimate of drug-likeness (QED) is 0.255. The van der Waals surface area contributed by atoms with Crippen LogP contribution in [0.25, 0.3) is 0 Å². The fourth-order valence-electron chi connectivity index (χ4n) is 2.18. The molecular formula is C9H20NNaO7S. The van der Waals surface area contributed by atoms with Gasteiger partial charge in [0.1, 0.15) is 0 Å². The Labute approximate surface area is 130 Å². The zero-order valence-electron chi connectivity index (χ0n) is 11.5. The summed E-state index contributed by atoms with van der Waals surface area (Å²) in [6.45, 7) is 5.09. The van der Waals surface area contributed by atoms with Crippen LogP contribution in [0.5, 0.6) is 0 Å². The van der Waals surface area contributed by atoms with Gasteiger partial charge in [0.05, 0.1) is 0 Å². The third-order valence-electron chi connectivity index (χ3n) is 2.51. The minimum absolute atomic E-state index is 0.362. The summed E-state index contributed by atoms with van der Waals surface area (Å²) in [6, 6.07) is 0. The summed E-state index contributed by atoms with van der Waals surface area (Å²) >= 11 is 0.699. The van der Waals surface area contributed by atoms with Crippen LogP contribution in [0, 0.1) is 5.92 Å². The largest absolute Gasteiger partial charge is 0.394 e. The SMILES string of the molecule is CCC[C](C)([Na])C(C(N)=O)C(C)(O)O.O=S(=O)(O)O. The van der Waals surface area contributed by atoms with Gasteiger partial charge in [-0.15, -0.1) is 0 Å². The zero-order chi connectivity index (χ0) is 16.1. The van der Waals surface area contributed by atoms with Gasteiger partial charge < -0.3 is 0 Å². The molecule has 2 atom stereocenters. The zero-order valence-corrected chi connectivity index (χ0v) is 14.3. The first-order valence-corrected chi connectivity index (χ1v) is 7.96. The molecule has 0 radical (unpaired) electrons. The normalized spacial score (nSPS) is 16.9. The maximum atomic E-state index is 11.2. The molecule has 0 saturated heterocycles. The van der Waals surface area contributed by atoms with E-state index in [-0.39, 0.29) is 2.66 Å². The predicted octanol–water partition coefficient (Wildman–Crippen LogP) is -0.717. The minimum atomic E-state index is -4.67.